The summed E-state index contributed by atoms with van der Waals surface area (Å²) in [6, 6.07) is 15.4. The van der Waals surface area contributed by atoms with Crippen LogP contribution in [-0.2, 0) is 0 Å². The highest BCUT2D eigenvalue weighted by molar-refractivity contribution is 5.94. The van der Waals surface area contributed by atoms with Crippen LogP contribution in [0.25, 0.3) is 0 Å². The molecule has 0 aliphatic rings. The lowest BCUT2D eigenvalue weighted by Gasteiger charge is -1.95. The van der Waals surface area contributed by atoms with E-state index in [9.17, 15) is 4.79 Å². The second-order valence-electron chi connectivity index (χ2n) is 6.07. The van der Waals surface area contributed by atoms with Gasteiger partial charge in [-0.25, -0.2) is 0 Å². The van der Waals surface area contributed by atoms with Gasteiger partial charge in [0.25, 0.3) is 0 Å². The molecule has 0 saturated heterocycles. The Kier molecular flexibility index (Phi) is 7.55. The molecule has 0 fully saturated rings. The van der Waals surface area contributed by atoms with Crippen molar-refractivity contribution in [1.82, 2.24) is 0 Å². The van der Waals surface area contributed by atoms with E-state index in [1.54, 1.807) is 6.92 Å². The molecular formula is C24H24O. The predicted molar refractivity (Wildman–Crippen MR) is 105 cm³/mol. The SMILES string of the molecule is CCCCCCC#Cc1ccc(C#Cc2ccc(C(C)=O)cc2)cc1. The van der Waals surface area contributed by atoms with E-state index in [1.807, 2.05) is 48.5 Å². The van der Waals surface area contributed by atoms with Crippen molar-refractivity contribution in [3.63, 3.8) is 0 Å². The molecule has 2 aromatic rings. The molecule has 0 saturated carbocycles. The van der Waals surface area contributed by atoms with E-state index in [2.05, 4.69) is 30.6 Å². The Hall–Kier alpha value is -2.77. The lowest BCUT2D eigenvalue weighted by molar-refractivity contribution is 0.101. The molecular weight excluding hydrogens is 304 g/mol. The van der Waals surface area contributed by atoms with E-state index >= 15 is 0 Å². The Balaban J connectivity index is 1.92. The minimum Gasteiger partial charge on any atom is -0.295 e. The van der Waals surface area contributed by atoms with Crippen molar-refractivity contribution in [1.29, 1.82) is 0 Å². The van der Waals surface area contributed by atoms with E-state index in [1.165, 1.54) is 25.7 Å². The van der Waals surface area contributed by atoms with Gasteiger partial charge in [-0.05, 0) is 49.7 Å². The zero-order chi connectivity index (χ0) is 17.9. The molecule has 25 heavy (non-hydrogen) atoms. The quantitative estimate of drug-likeness (QED) is 0.396. The summed E-state index contributed by atoms with van der Waals surface area (Å²) in [6.45, 7) is 3.79. The molecule has 0 atom stereocenters. The van der Waals surface area contributed by atoms with Gasteiger partial charge >= 0.3 is 0 Å². The number of benzene rings is 2. The number of unbranched alkanes of at least 4 members (excludes halogenated alkanes) is 4. The minimum atomic E-state index is 0.0709. The molecule has 0 amide bonds. The number of ketones is 1. The molecule has 0 heterocycles. The third-order valence-corrected chi connectivity index (χ3v) is 3.92. The first kappa shape index (κ1) is 18.6. The number of carbonyl (C=O) groups is 1. The molecule has 0 aliphatic carbocycles. The second kappa shape index (κ2) is 10.2. The highest BCUT2D eigenvalue weighted by Gasteiger charge is 1.97. The van der Waals surface area contributed by atoms with Gasteiger partial charge in [0.05, 0.1) is 0 Å². The van der Waals surface area contributed by atoms with Crippen LogP contribution in [0.4, 0.5) is 0 Å². The van der Waals surface area contributed by atoms with Crippen LogP contribution < -0.4 is 0 Å². The maximum Gasteiger partial charge on any atom is 0.159 e. The predicted octanol–water partition coefficient (Wildman–Crippen LogP) is 5.61. The molecule has 126 valence electrons. The van der Waals surface area contributed by atoms with Crippen LogP contribution in [-0.4, -0.2) is 5.78 Å². The fraction of sp³-hybridized carbons (Fsp3) is 0.292. The monoisotopic (exact) mass is 328 g/mol. The van der Waals surface area contributed by atoms with Gasteiger partial charge in [-0.1, -0.05) is 62.0 Å². The van der Waals surface area contributed by atoms with Gasteiger partial charge in [-0.15, -0.1) is 0 Å². The standard InChI is InChI=1S/C24H24O/c1-3-4-5-6-7-8-9-21-10-12-22(13-11-21)14-15-23-16-18-24(19-17-23)20(2)25/h10-13,16-19H,3-7H2,1-2H3. The van der Waals surface area contributed by atoms with Crippen LogP contribution in [0.1, 0.15) is 73.0 Å². The van der Waals surface area contributed by atoms with Crippen LogP contribution >= 0.6 is 0 Å². The molecule has 2 rings (SSSR count). The van der Waals surface area contributed by atoms with Crippen molar-refractivity contribution in [3.05, 3.63) is 70.8 Å². The van der Waals surface area contributed by atoms with Crippen molar-refractivity contribution in [2.75, 3.05) is 0 Å². The zero-order valence-corrected chi connectivity index (χ0v) is 15.1. The van der Waals surface area contributed by atoms with Gasteiger partial charge in [-0.2, -0.15) is 0 Å². The largest absolute Gasteiger partial charge is 0.295 e. The van der Waals surface area contributed by atoms with Gasteiger partial charge in [0, 0.05) is 28.7 Å². The second-order valence-corrected chi connectivity index (χ2v) is 6.07. The molecule has 0 bridgehead atoms. The molecule has 0 radical (unpaired) electrons. The number of rotatable bonds is 5. The van der Waals surface area contributed by atoms with E-state index in [4.69, 9.17) is 0 Å². The van der Waals surface area contributed by atoms with Crippen molar-refractivity contribution >= 4 is 5.78 Å². The maximum atomic E-state index is 11.3. The normalized spacial score (nSPS) is 9.52. The maximum absolute atomic E-state index is 11.3. The summed E-state index contributed by atoms with van der Waals surface area (Å²) < 4.78 is 0. The fourth-order valence-corrected chi connectivity index (χ4v) is 2.37. The smallest absolute Gasteiger partial charge is 0.159 e. The Labute approximate surface area is 151 Å². The summed E-state index contributed by atoms with van der Waals surface area (Å²) in [7, 11) is 0. The Morgan fingerprint density at radius 3 is 1.80 bits per heavy atom. The van der Waals surface area contributed by atoms with Crippen LogP contribution in [0.5, 0.6) is 0 Å². The summed E-state index contributed by atoms with van der Waals surface area (Å²) in [4.78, 5) is 11.3. The lowest BCUT2D eigenvalue weighted by Crippen LogP contribution is -1.90. The van der Waals surface area contributed by atoms with Crippen molar-refractivity contribution in [2.24, 2.45) is 0 Å². The van der Waals surface area contributed by atoms with Crippen molar-refractivity contribution < 1.29 is 4.79 Å². The van der Waals surface area contributed by atoms with Gasteiger partial charge in [0.1, 0.15) is 0 Å². The number of carbonyl (C=O) groups excluding carboxylic acids is 1. The molecule has 2 aromatic carbocycles. The minimum absolute atomic E-state index is 0.0709. The van der Waals surface area contributed by atoms with Crippen molar-refractivity contribution in [3.8, 4) is 23.7 Å². The Bertz CT molecular complexity index is 803. The third-order valence-electron chi connectivity index (χ3n) is 3.92. The molecule has 0 aliphatic heterocycles. The first-order valence-electron chi connectivity index (χ1n) is 8.91. The summed E-state index contributed by atoms with van der Waals surface area (Å²) >= 11 is 0. The number of hydrogen-bond donors (Lipinski definition) is 0. The molecule has 0 N–H and O–H groups in total. The first-order chi connectivity index (χ1) is 12.2. The molecule has 1 heteroatoms. The molecule has 0 aromatic heterocycles. The summed E-state index contributed by atoms with van der Waals surface area (Å²) in [5.41, 5.74) is 3.61. The highest BCUT2D eigenvalue weighted by Crippen LogP contribution is 2.06. The lowest BCUT2D eigenvalue weighted by atomic mass is 10.1. The average molecular weight is 328 g/mol. The van der Waals surface area contributed by atoms with E-state index in [0.717, 1.165) is 23.1 Å². The fourth-order valence-electron chi connectivity index (χ4n) is 2.37. The van der Waals surface area contributed by atoms with Crippen LogP contribution in [0.15, 0.2) is 48.5 Å². The average Bonchev–Trinajstić information content (AvgIpc) is 2.64. The van der Waals surface area contributed by atoms with Crippen LogP contribution in [0.2, 0.25) is 0 Å². The van der Waals surface area contributed by atoms with Crippen LogP contribution in [0, 0.1) is 23.7 Å². The van der Waals surface area contributed by atoms with Gasteiger partial charge in [0.2, 0.25) is 0 Å². The van der Waals surface area contributed by atoms with Crippen molar-refractivity contribution in [2.45, 2.75) is 46.0 Å². The Morgan fingerprint density at radius 1 is 0.760 bits per heavy atom. The molecule has 1 nitrogen and oxygen atoms in total. The van der Waals surface area contributed by atoms with Gasteiger partial charge < -0.3 is 0 Å². The Morgan fingerprint density at radius 2 is 1.28 bits per heavy atom. The summed E-state index contributed by atoms with van der Waals surface area (Å²) in [5.74, 6) is 12.8. The topological polar surface area (TPSA) is 17.1 Å². The van der Waals surface area contributed by atoms with Gasteiger partial charge in [-0.3, -0.25) is 4.79 Å². The number of Topliss-reactive ketones (excluding diaryl/α,β-unsaturated/α-hetero) is 1. The van der Waals surface area contributed by atoms with Gasteiger partial charge in [0.15, 0.2) is 5.78 Å². The highest BCUT2D eigenvalue weighted by atomic mass is 16.1. The molecule has 0 spiro atoms. The van der Waals surface area contributed by atoms with Crippen LogP contribution in [0.3, 0.4) is 0 Å². The van der Waals surface area contributed by atoms with E-state index in [0.29, 0.717) is 5.56 Å². The summed E-state index contributed by atoms with van der Waals surface area (Å²) in [6.07, 6.45) is 5.99. The third kappa shape index (κ3) is 6.70. The zero-order valence-electron chi connectivity index (χ0n) is 15.1. The summed E-state index contributed by atoms with van der Waals surface area (Å²) in [5, 5.41) is 0. The first-order valence-corrected chi connectivity index (χ1v) is 8.91. The number of hydrogen-bond acceptors (Lipinski definition) is 1. The molecule has 0 unspecified atom stereocenters. The van der Waals surface area contributed by atoms with E-state index in [-0.39, 0.29) is 5.78 Å². The van der Waals surface area contributed by atoms with E-state index < -0.39 is 0 Å².